The Balaban J connectivity index is 1.62. The highest BCUT2D eigenvalue weighted by Crippen LogP contribution is 2.09. The number of aromatic nitrogens is 3. The fourth-order valence-corrected chi connectivity index (χ4v) is 2.40. The Hall–Kier alpha value is -1.95. The van der Waals surface area contributed by atoms with Gasteiger partial charge in [0.15, 0.2) is 5.65 Å². The van der Waals surface area contributed by atoms with E-state index in [4.69, 9.17) is 0 Å². The largest absolute Gasteiger partial charge is 0.352 e. The summed E-state index contributed by atoms with van der Waals surface area (Å²) in [5.41, 5.74) is 1.32. The molecule has 0 bridgehead atoms. The minimum absolute atomic E-state index is 0.0453. The minimum Gasteiger partial charge on any atom is -0.352 e. The molecule has 19 heavy (non-hydrogen) atoms. The third-order valence-corrected chi connectivity index (χ3v) is 3.51. The van der Waals surface area contributed by atoms with Gasteiger partial charge in [-0.2, -0.15) is 0 Å². The zero-order chi connectivity index (χ0) is 13.1. The maximum Gasteiger partial charge on any atom is 0.251 e. The number of carbonyl (C=O) groups is 1. The van der Waals surface area contributed by atoms with Crippen molar-refractivity contribution in [2.75, 3.05) is 19.6 Å². The monoisotopic (exact) mass is 259 g/mol. The summed E-state index contributed by atoms with van der Waals surface area (Å²) in [5, 5.41) is 14.1. The Morgan fingerprint density at radius 1 is 1.58 bits per heavy atom. The number of piperidine rings is 1. The van der Waals surface area contributed by atoms with Crippen molar-refractivity contribution in [3.05, 3.63) is 30.2 Å². The van der Waals surface area contributed by atoms with E-state index in [9.17, 15) is 4.79 Å². The number of pyridine rings is 1. The zero-order valence-corrected chi connectivity index (χ0v) is 10.7. The Morgan fingerprint density at radius 2 is 2.53 bits per heavy atom. The molecule has 0 aromatic carbocycles. The molecule has 2 N–H and O–H groups in total. The Bertz CT molecular complexity index is 573. The second kappa shape index (κ2) is 5.36. The van der Waals surface area contributed by atoms with E-state index < -0.39 is 0 Å². The summed E-state index contributed by atoms with van der Waals surface area (Å²) in [6.07, 6.45) is 5.78. The van der Waals surface area contributed by atoms with E-state index in [0.717, 1.165) is 19.6 Å². The van der Waals surface area contributed by atoms with Gasteiger partial charge in [0.25, 0.3) is 5.91 Å². The summed E-state index contributed by atoms with van der Waals surface area (Å²) in [7, 11) is 0. The molecule has 6 nitrogen and oxygen atoms in total. The summed E-state index contributed by atoms with van der Waals surface area (Å²) in [5.74, 6) is 0.491. The maximum absolute atomic E-state index is 12.1. The number of rotatable bonds is 3. The van der Waals surface area contributed by atoms with Gasteiger partial charge in [0.1, 0.15) is 6.33 Å². The summed E-state index contributed by atoms with van der Waals surface area (Å²) in [6, 6.07) is 3.53. The molecule has 2 aromatic heterocycles. The van der Waals surface area contributed by atoms with Crippen molar-refractivity contribution in [2.24, 2.45) is 5.92 Å². The van der Waals surface area contributed by atoms with Crippen LogP contribution in [0.15, 0.2) is 24.7 Å². The van der Waals surface area contributed by atoms with E-state index in [-0.39, 0.29) is 5.91 Å². The van der Waals surface area contributed by atoms with Crippen molar-refractivity contribution in [3.63, 3.8) is 0 Å². The molecule has 3 rings (SSSR count). The molecule has 1 aliphatic heterocycles. The first-order chi connectivity index (χ1) is 9.33. The van der Waals surface area contributed by atoms with Crippen LogP contribution in [0, 0.1) is 5.92 Å². The minimum atomic E-state index is -0.0453. The lowest BCUT2D eigenvalue weighted by Crippen LogP contribution is -2.38. The lowest BCUT2D eigenvalue weighted by atomic mass is 10.00. The SMILES string of the molecule is O=C(NC[C@@H]1CCCNC1)c1ccn2cnnc2c1. The van der Waals surface area contributed by atoms with Gasteiger partial charge in [0, 0.05) is 18.3 Å². The molecule has 1 fully saturated rings. The van der Waals surface area contributed by atoms with Crippen molar-refractivity contribution >= 4 is 11.6 Å². The molecule has 6 heteroatoms. The van der Waals surface area contributed by atoms with Crippen LogP contribution < -0.4 is 10.6 Å². The van der Waals surface area contributed by atoms with Gasteiger partial charge in [0.05, 0.1) is 0 Å². The molecule has 3 heterocycles. The molecule has 0 radical (unpaired) electrons. The number of hydrogen-bond acceptors (Lipinski definition) is 4. The molecule has 1 saturated heterocycles. The Morgan fingerprint density at radius 3 is 3.37 bits per heavy atom. The fraction of sp³-hybridized carbons (Fsp3) is 0.462. The number of amides is 1. The fourth-order valence-electron chi connectivity index (χ4n) is 2.40. The predicted molar refractivity (Wildman–Crippen MR) is 70.9 cm³/mol. The predicted octanol–water partition coefficient (Wildman–Crippen LogP) is 0.459. The number of nitrogens with one attached hydrogen (secondary N) is 2. The van der Waals surface area contributed by atoms with Crippen LogP contribution in [0.4, 0.5) is 0 Å². The van der Waals surface area contributed by atoms with Crippen LogP contribution in [0.3, 0.4) is 0 Å². The van der Waals surface area contributed by atoms with Crippen LogP contribution in [0.2, 0.25) is 0 Å². The van der Waals surface area contributed by atoms with Gasteiger partial charge < -0.3 is 10.6 Å². The smallest absolute Gasteiger partial charge is 0.251 e. The van der Waals surface area contributed by atoms with Crippen molar-refractivity contribution in [1.82, 2.24) is 25.2 Å². The number of carbonyl (C=O) groups excluding carboxylic acids is 1. The first kappa shape index (κ1) is 12.1. The van der Waals surface area contributed by atoms with Gasteiger partial charge in [0.2, 0.25) is 0 Å². The standard InChI is InChI=1S/C13H17N5O/c19-13(15-8-10-2-1-4-14-7-10)11-3-5-18-9-16-17-12(18)6-11/h3,5-6,9-10,14H,1-2,4,7-8H2,(H,15,19)/t10-/m1/s1. The Kier molecular flexibility index (Phi) is 3.41. The molecule has 1 atom stereocenters. The van der Waals surface area contributed by atoms with Crippen LogP contribution in [0.5, 0.6) is 0 Å². The highest BCUT2D eigenvalue weighted by molar-refractivity contribution is 5.94. The van der Waals surface area contributed by atoms with Gasteiger partial charge in [-0.05, 0) is 44.0 Å². The van der Waals surface area contributed by atoms with Gasteiger partial charge in [-0.1, -0.05) is 0 Å². The molecule has 1 aliphatic rings. The van der Waals surface area contributed by atoms with E-state index in [1.54, 1.807) is 29.1 Å². The lowest BCUT2D eigenvalue weighted by molar-refractivity contribution is 0.0945. The molecule has 2 aromatic rings. The van der Waals surface area contributed by atoms with Crippen molar-refractivity contribution < 1.29 is 4.79 Å². The normalized spacial score (nSPS) is 19.5. The summed E-state index contributed by atoms with van der Waals surface area (Å²) < 4.78 is 1.78. The quantitative estimate of drug-likeness (QED) is 0.840. The molecule has 0 unspecified atom stereocenters. The van der Waals surface area contributed by atoms with E-state index >= 15 is 0 Å². The molecule has 0 saturated carbocycles. The number of hydrogen-bond donors (Lipinski definition) is 2. The van der Waals surface area contributed by atoms with Crippen molar-refractivity contribution in [3.8, 4) is 0 Å². The second-order valence-corrected chi connectivity index (χ2v) is 4.93. The summed E-state index contributed by atoms with van der Waals surface area (Å²) in [4.78, 5) is 12.1. The second-order valence-electron chi connectivity index (χ2n) is 4.93. The maximum atomic E-state index is 12.1. The molecule has 0 aliphatic carbocycles. The molecular weight excluding hydrogens is 242 g/mol. The van der Waals surface area contributed by atoms with Crippen LogP contribution >= 0.6 is 0 Å². The lowest BCUT2D eigenvalue weighted by Gasteiger charge is -2.22. The van der Waals surface area contributed by atoms with E-state index in [2.05, 4.69) is 20.8 Å². The summed E-state index contributed by atoms with van der Waals surface area (Å²) in [6.45, 7) is 2.81. The number of fused-ring (bicyclic) bond motifs is 1. The molecule has 1 amide bonds. The third-order valence-electron chi connectivity index (χ3n) is 3.51. The van der Waals surface area contributed by atoms with Gasteiger partial charge in [-0.3, -0.25) is 9.20 Å². The van der Waals surface area contributed by atoms with Gasteiger partial charge >= 0.3 is 0 Å². The highest BCUT2D eigenvalue weighted by atomic mass is 16.1. The van der Waals surface area contributed by atoms with Crippen molar-refractivity contribution in [1.29, 1.82) is 0 Å². The number of nitrogens with zero attached hydrogens (tertiary/aromatic N) is 3. The van der Waals surface area contributed by atoms with E-state index in [1.807, 2.05) is 0 Å². The average Bonchev–Trinajstić information content (AvgIpc) is 2.93. The third kappa shape index (κ3) is 2.73. The van der Waals surface area contributed by atoms with Gasteiger partial charge in [-0.15, -0.1) is 10.2 Å². The Labute approximate surface area is 111 Å². The first-order valence-electron chi connectivity index (χ1n) is 6.61. The average molecular weight is 259 g/mol. The van der Waals surface area contributed by atoms with Crippen LogP contribution in [-0.4, -0.2) is 40.1 Å². The van der Waals surface area contributed by atoms with Crippen LogP contribution in [0.1, 0.15) is 23.2 Å². The van der Waals surface area contributed by atoms with Crippen LogP contribution in [-0.2, 0) is 0 Å². The van der Waals surface area contributed by atoms with Gasteiger partial charge in [-0.25, -0.2) is 0 Å². The highest BCUT2D eigenvalue weighted by Gasteiger charge is 2.14. The molecular formula is C13H17N5O. The topological polar surface area (TPSA) is 71.3 Å². The first-order valence-corrected chi connectivity index (χ1v) is 6.61. The molecule has 100 valence electrons. The van der Waals surface area contributed by atoms with E-state index in [1.165, 1.54) is 12.8 Å². The zero-order valence-electron chi connectivity index (χ0n) is 10.7. The molecule has 0 spiro atoms. The van der Waals surface area contributed by atoms with Crippen molar-refractivity contribution in [2.45, 2.75) is 12.8 Å². The summed E-state index contributed by atoms with van der Waals surface area (Å²) >= 11 is 0. The van der Waals surface area contributed by atoms with Crippen LogP contribution in [0.25, 0.3) is 5.65 Å². The van der Waals surface area contributed by atoms with E-state index in [0.29, 0.717) is 17.1 Å².